The van der Waals surface area contributed by atoms with Crippen molar-refractivity contribution in [3.8, 4) is 5.75 Å². The first-order valence-electron chi connectivity index (χ1n) is 5.72. The smallest absolute Gasteiger partial charge is 0.138 e. The summed E-state index contributed by atoms with van der Waals surface area (Å²) < 4.78 is 0. The topological polar surface area (TPSA) is 45.2 Å². The number of halogens is 1. The minimum absolute atomic E-state index is 0.192. The van der Waals surface area contributed by atoms with Gasteiger partial charge >= 0.3 is 0 Å². The van der Waals surface area contributed by atoms with E-state index in [0.29, 0.717) is 17.3 Å². The third kappa shape index (κ3) is 2.93. The van der Waals surface area contributed by atoms with Gasteiger partial charge in [-0.15, -0.1) is 0 Å². The van der Waals surface area contributed by atoms with Crippen LogP contribution >= 0.6 is 11.6 Å². The van der Waals surface area contributed by atoms with Crippen LogP contribution in [0.3, 0.4) is 0 Å². The summed E-state index contributed by atoms with van der Waals surface area (Å²) in [7, 11) is 0. The van der Waals surface area contributed by atoms with Gasteiger partial charge in [0.25, 0.3) is 0 Å². The fraction of sp³-hybridized carbons (Fsp3) is 0.214. The van der Waals surface area contributed by atoms with Crippen molar-refractivity contribution in [3.63, 3.8) is 0 Å². The van der Waals surface area contributed by atoms with Gasteiger partial charge in [0.1, 0.15) is 11.4 Å². The molecule has 0 aliphatic carbocycles. The number of anilines is 1. The highest BCUT2D eigenvalue weighted by molar-refractivity contribution is 6.33. The summed E-state index contributed by atoms with van der Waals surface area (Å²) in [5.74, 6) is 0.192. The van der Waals surface area contributed by atoms with Gasteiger partial charge in [0.05, 0.1) is 17.3 Å². The van der Waals surface area contributed by atoms with Crippen LogP contribution in [0.4, 0.5) is 5.69 Å². The Morgan fingerprint density at radius 2 is 2.00 bits per heavy atom. The summed E-state index contributed by atoms with van der Waals surface area (Å²) in [6.45, 7) is 4.34. The number of pyridine rings is 1. The van der Waals surface area contributed by atoms with Gasteiger partial charge in [0.2, 0.25) is 0 Å². The predicted molar refractivity (Wildman–Crippen MR) is 74.2 cm³/mol. The maximum atomic E-state index is 9.70. The summed E-state index contributed by atoms with van der Waals surface area (Å²) in [5, 5.41) is 13.5. The minimum atomic E-state index is 0.192. The second kappa shape index (κ2) is 5.27. The molecule has 0 aliphatic rings. The molecule has 1 aromatic carbocycles. The molecule has 0 fully saturated rings. The van der Waals surface area contributed by atoms with Crippen LogP contribution in [0, 0.1) is 13.8 Å². The van der Waals surface area contributed by atoms with Crippen molar-refractivity contribution in [3.05, 3.63) is 52.3 Å². The first-order chi connectivity index (χ1) is 8.56. The van der Waals surface area contributed by atoms with Crippen LogP contribution in [0.25, 0.3) is 0 Å². The van der Waals surface area contributed by atoms with Crippen molar-refractivity contribution in [1.29, 1.82) is 0 Å². The Labute approximate surface area is 111 Å². The molecule has 1 heterocycles. The van der Waals surface area contributed by atoms with Crippen LogP contribution in [0.2, 0.25) is 5.02 Å². The van der Waals surface area contributed by atoms with Crippen molar-refractivity contribution in [2.75, 3.05) is 5.32 Å². The first-order valence-corrected chi connectivity index (χ1v) is 6.09. The van der Waals surface area contributed by atoms with E-state index in [-0.39, 0.29) is 5.75 Å². The standard InChI is InChI=1S/C14H15ClN2O/c1-9-3-5-11(15)12(7-9)16-8-13-14(18)6-4-10(2)17-13/h3-7,16,18H,8H2,1-2H3. The molecule has 2 rings (SSSR count). The summed E-state index contributed by atoms with van der Waals surface area (Å²) in [4.78, 5) is 4.28. The number of nitrogens with one attached hydrogen (secondary N) is 1. The van der Waals surface area contributed by atoms with Crippen molar-refractivity contribution in [2.24, 2.45) is 0 Å². The van der Waals surface area contributed by atoms with E-state index in [9.17, 15) is 5.11 Å². The Morgan fingerprint density at radius 3 is 2.78 bits per heavy atom. The van der Waals surface area contributed by atoms with Gasteiger partial charge in [-0.3, -0.25) is 4.98 Å². The van der Waals surface area contributed by atoms with Crippen LogP contribution in [-0.2, 0) is 6.54 Å². The largest absolute Gasteiger partial charge is 0.506 e. The third-order valence-electron chi connectivity index (χ3n) is 2.66. The number of aryl methyl sites for hydroxylation is 2. The molecule has 0 atom stereocenters. The van der Waals surface area contributed by atoms with Gasteiger partial charge in [0.15, 0.2) is 0 Å². The van der Waals surface area contributed by atoms with Gasteiger partial charge in [0, 0.05) is 5.69 Å². The zero-order valence-electron chi connectivity index (χ0n) is 10.4. The molecule has 0 unspecified atom stereocenters. The molecule has 0 saturated carbocycles. The molecule has 3 nitrogen and oxygen atoms in total. The van der Waals surface area contributed by atoms with Crippen molar-refractivity contribution < 1.29 is 5.11 Å². The van der Waals surface area contributed by atoms with Crippen molar-refractivity contribution in [1.82, 2.24) is 4.98 Å². The molecular formula is C14H15ClN2O. The maximum absolute atomic E-state index is 9.70. The maximum Gasteiger partial charge on any atom is 0.138 e. The van der Waals surface area contributed by atoms with Crippen molar-refractivity contribution >= 4 is 17.3 Å². The average molecular weight is 263 g/mol. The molecule has 94 valence electrons. The zero-order chi connectivity index (χ0) is 13.1. The van der Waals surface area contributed by atoms with E-state index in [1.807, 2.05) is 32.0 Å². The van der Waals surface area contributed by atoms with Crippen LogP contribution < -0.4 is 5.32 Å². The molecule has 0 radical (unpaired) electrons. The highest BCUT2D eigenvalue weighted by atomic mass is 35.5. The Balaban J connectivity index is 2.16. The molecular weight excluding hydrogens is 248 g/mol. The van der Waals surface area contributed by atoms with Gasteiger partial charge in [-0.2, -0.15) is 0 Å². The van der Waals surface area contributed by atoms with Gasteiger partial charge in [-0.05, 0) is 43.7 Å². The molecule has 0 amide bonds. The fourth-order valence-corrected chi connectivity index (χ4v) is 1.87. The number of rotatable bonds is 3. The number of aromatic nitrogens is 1. The second-order valence-corrected chi connectivity index (χ2v) is 4.66. The van der Waals surface area contributed by atoms with Crippen LogP contribution in [0.5, 0.6) is 5.75 Å². The molecule has 0 aliphatic heterocycles. The Hall–Kier alpha value is -1.74. The molecule has 1 aromatic heterocycles. The lowest BCUT2D eigenvalue weighted by atomic mass is 10.2. The van der Waals surface area contributed by atoms with Crippen LogP contribution in [0.1, 0.15) is 17.0 Å². The molecule has 0 bridgehead atoms. The van der Waals surface area contributed by atoms with Gasteiger partial charge < -0.3 is 10.4 Å². The zero-order valence-corrected chi connectivity index (χ0v) is 11.1. The highest BCUT2D eigenvalue weighted by Gasteiger charge is 2.05. The van der Waals surface area contributed by atoms with E-state index >= 15 is 0 Å². The molecule has 18 heavy (non-hydrogen) atoms. The predicted octanol–water partition coefficient (Wildman–Crippen LogP) is 3.67. The second-order valence-electron chi connectivity index (χ2n) is 4.26. The number of hydrogen-bond acceptors (Lipinski definition) is 3. The average Bonchev–Trinajstić information content (AvgIpc) is 2.34. The number of benzene rings is 1. The number of hydrogen-bond donors (Lipinski definition) is 2. The lowest BCUT2D eigenvalue weighted by molar-refractivity contribution is 0.464. The lowest BCUT2D eigenvalue weighted by Crippen LogP contribution is -2.03. The van der Waals surface area contributed by atoms with E-state index < -0.39 is 0 Å². The Kier molecular flexibility index (Phi) is 3.72. The minimum Gasteiger partial charge on any atom is -0.506 e. The Morgan fingerprint density at radius 1 is 1.22 bits per heavy atom. The van der Waals surface area contributed by atoms with E-state index in [4.69, 9.17) is 11.6 Å². The van der Waals surface area contributed by atoms with E-state index in [1.165, 1.54) is 0 Å². The van der Waals surface area contributed by atoms with Crippen molar-refractivity contribution in [2.45, 2.75) is 20.4 Å². The van der Waals surface area contributed by atoms with E-state index in [2.05, 4.69) is 10.3 Å². The molecule has 4 heteroatoms. The normalized spacial score (nSPS) is 10.4. The fourth-order valence-electron chi connectivity index (χ4n) is 1.69. The Bertz CT molecular complexity index is 518. The van der Waals surface area contributed by atoms with Gasteiger partial charge in [-0.1, -0.05) is 17.7 Å². The summed E-state index contributed by atoms with van der Waals surface area (Å²) >= 11 is 6.09. The number of nitrogens with zero attached hydrogens (tertiary/aromatic N) is 1. The molecule has 0 saturated heterocycles. The summed E-state index contributed by atoms with van der Waals surface area (Å²) in [5.41, 5.74) is 3.47. The number of aromatic hydroxyl groups is 1. The summed E-state index contributed by atoms with van der Waals surface area (Å²) in [6, 6.07) is 9.20. The SMILES string of the molecule is Cc1ccc(Cl)c(NCc2nc(C)ccc2O)c1. The third-order valence-corrected chi connectivity index (χ3v) is 2.99. The lowest BCUT2D eigenvalue weighted by Gasteiger charge is -2.10. The van der Waals surface area contributed by atoms with E-state index in [1.54, 1.807) is 12.1 Å². The summed E-state index contributed by atoms with van der Waals surface area (Å²) in [6.07, 6.45) is 0. The highest BCUT2D eigenvalue weighted by Crippen LogP contribution is 2.24. The monoisotopic (exact) mass is 262 g/mol. The van der Waals surface area contributed by atoms with Gasteiger partial charge in [-0.25, -0.2) is 0 Å². The first kappa shape index (κ1) is 12.7. The van der Waals surface area contributed by atoms with E-state index in [0.717, 1.165) is 16.9 Å². The van der Waals surface area contributed by atoms with Crippen LogP contribution in [-0.4, -0.2) is 10.1 Å². The quantitative estimate of drug-likeness (QED) is 0.887. The molecule has 0 spiro atoms. The molecule has 2 aromatic rings. The molecule has 2 N–H and O–H groups in total. The van der Waals surface area contributed by atoms with Crippen LogP contribution in [0.15, 0.2) is 30.3 Å².